The number of aliphatic hydroxyl groups excluding tert-OH is 2. The molecule has 0 aliphatic carbocycles. The summed E-state index contributed by atoms with van der Waals surface area (Å²) >= 11 is 4.74. The Morgan fingerprint density at radius 1 is 1.57 bits per heavy atom. The number of rotatable bonds is 2. The minimum Gasteiger partial charge on any atom is -0.476 e. The van der Waals surface area contributed by atoms with Crippen molar-refractivity contribution in [2.75, 3.05) is 6.61 Å². The molecule has 0 bridgehead atoms. The van der Waals surface area contributed by atoms with Gasteiger partial charge in [0.2, 0.25) is 0 Å². The Kier molecular flexibility index (Phi) is 4.27. The van der Waals surface area contributed by atoms with E-state index >= 15 is 0 Å². The van der Waals surface area contributed by atoms with Crippen molar-refractivity contribution in [3.8, 4) is 0 Å². The number of thiocarbonyl (C=S) groups is 1. The Hall–Kier alpha value is -0.205. The normalized spacial score (nSPS) is 37.9. The molecular weight excluding hydrogens is 207 g/mol. The first-order valence-corrected chi connectivity index (χ1v) is 4.65. The topological polar surface area (TPSA) is 68.2 Å². The van der Waals surface area contributed by atoms with Crippen molar-refractivity contribution in [3.63, 3.8) is 0 Å². The molecule has 1 saturated heterocycles. The van der Waals surface area contributed by atoms with E-state index in [4.69, 9.17) is 26.3 Å². The minimum absolute atomic E-state index is 0.0238. The van der Waals surface area contributed by atoms with E-state index in [0.717, 1.165) is 0 Å². The zero-order valence-electron chi connectivity index (χ0n) is 8.04. The largest absolute Gasteiger partial charge is 0.476 e. The van der Waals surface area contributed by atoms with Crippen molar-refractivity contribution < 1.29 is 24.3 Å². The van der Waals surface area contributed by atoms with Gasteiger partial charge >= 0.3 is 0 Å². The van der Waals surface area contributed by atoms with Crippen LogP contribution in [0.5, 0.6) is 0 Å². The number of aliphatic hydroxyl groups is 2. The van der Waals surface area contributed by atoms with E-state index in [1.54, 1.807) is 6.92 Å². The van der Waals surface area contributed by atoms with Crippen molar-refractivity contribution in [2.24, 2.45) is 0 Å². The fourth-order valence-corrected chi connectivity index (χ4v) is 1.40. The first-order chi connectivity index (χ1) is 6.56. The van der Waals surface area contributed by atoms with E-state index in [0.29, 0.717) is 0 Å². The Morgan fingerprint density at radius 2 is 2.21 bits per heavy atom. The molecule has 2 N–H and O–H groups in total. The second-order valence-electron chi connectivity index (χ2n) is 3.07. The molecule has 0 radical (unpaired) electrons. The third kappa shape index (κ3) is 2.65. The highest BCUT2D eigenvalue weighted by Crippen LogP contribution is 2.19. The summed E-state index contributed by atoms with van der Waals surface area (Å²) in [6.07, 6.45) is -3.50. The summed E-state index contributed by atoms with van der Waals surface area (Å²) in [7, 11) is 1.43. The van der Waals surface area contributed by atoms with Gasteiger partial charge in [-0.2, -0.15) is 0 Å². The van der Waals surface area contributed by atoms with Gasteiger partial charge in [-0.05, 0) is 12.2 Å². The molecule has 0 aromatic rings. The van der Waals surface area contributed by atoms with Gasteiger partial charge < -0.3 is 24.3 Å². The maximum Gasteiger partial charge on any atom is 0.260 e. The van der Waals surface area contributed by atoms with E-state index in [-0.39, 0.29) is 11.7 Å². The third-order valence-corrected chi connectivity index (χ3v) is 2.06. The van der Waals surface area contributed by atoms with Crippen LogP contribution in [-0.2, 0) is 14.1 Å². The highest BCUT2D eigenvalue weighted by atomic mass is 32.1. The lowest BCUT2D eigenvalue weighted by molar-refractivity contribution is -0.236. The molecule has 4 atom stereocenters. The third-order valence-electron chi connectivity index (χ3n) is 1.96. The Labute approximate surface area is 88.4 Å². The van der Waals surface area contributed by atoms with E-state index < -0.39 is 24.6 Å². The molecule has 0 spiro atoms. The van der Waals surface area contributed by atoms with Gasteiger partial charge in [-0.15, -0.1) is 0 Å². The maximum atomic E-state index is 9.59. The van der Waals surface area contributed by atoms with E-state index in [2.05, 4.69) is 0 Å². The van der Waals surface area contributed by atoms with Crippen LogP contribution in [0.1, 0.15) is 6.92 Å². The molecule has 1 aliphatic rings. The molecule has 1 fully saturated rings. The number of hydrogen-bond donors (Lipinski definition) is 2. The van der Waals surface area contributed by atoms with Gasteiger partial charge in [-0.25, -0.2) is 0 Å². The summed E-state index contributed by atoms with van der Waals surface area (Å²) < 4.78 is 15.2. The Balaban J connectivity index is 2.66. The average Bonchev–Trinajstić information content (AvgIpc) is 2.13. The maximum absolute atomic E-state index is 9.59. The predicted octanol–water partition coefficient (Wildman–Crippen LogP) is -1.64. The lowest BCUT2D eigenvalue weighted by Gasteiger charge is -2.37. The molecule has 0 aromatic carbocycles. The predicted molar refractivity (Wildman–Crippen MR) is 54.5 cm³/mol. The summed E-state index contributed by atoms with van der Waals surface area (Å²) in [5, 5.41) is 19.2. The van der Waals surface area contributed by atoms with Gasteiger partial charge in [0, 0.05) is 6.92 Å². The summed E-state index contributed by atoms with van der Waals surface area (Å²) in [6, 6.07) is 0. The van der Waals surface area contributed by atoms with Crippen LogP contribution in [0.3, 0.4) is 0 Å². The summed E-state index contributed by atoms with van der Waals surface area (Å²) in [5.74, 6) is 0. The fraction of sp³-hybridized carbons (Fsp3) is 0.857. The van der Waals surface area contributed by atoms with Gasteiger partial charge in [-0.1, -0.05) is 0 Å². The minimum atomic E-state index is -1.05. The molecule has 1 heterocycles. The van der Waals surface area contributed by atoms with E-state index in [1.165, 1.54) is 8.05 Å². The van der Waals surface area contributed by atoms with Gasteiger partial charge in [0.15, 0.2) is 17.4 Å². The van der Waals surface area contributed by atoms with Crippen LogP contribution in [0, 0.1) is 0 Å². The summed E-state index contributed by atoms with van der Waals surface area (Å²) in [4.78, 5) is 0. The van der Waals surface area contributed by atoms with E-state index in [9.17, 15) is 10.2 Å². The van der Waals surface area contributed by atoms with Crippen molar-refractivity contribution in [1.82, 2.24) is 0 Å². The van der Waals surface area contributed by atoms with E-state index in [1.807, 2.05) is 0 Å². The van der Waals surface area contributed by atoms with Crippen LogP contribution in [0.2, 0.25) is 0 Å². The van der Waals surface area contributed by atoms with Crippen molar-refractivity contribution in [2.45, 2.75) is 31.5 Å². The zero-order chi connectivity index (χ0) is 10.7. The van der Waals surface area contributed by atoms with Gasteiger partial charge in [0.05, 0.1) is 6.61 Å². The molecule has 0 amide bonds. The van der Waals surface area contributed by atoms with Crippen LogP contribution in [0.25, 0.3) is 0 Å². The Morgan fingerprint density at radius 3 is 2.71 bits per heavy atom. The van der Waals surface area contributed by atoms with Crippen LogP contribution in [0.15, 0.2) is 0 Å². The number of ether oxygens (including phenoxy) is 2. The smallest absolute Gasteiger partial charge is 0.260 e. The molecule has 1 rings (SSSR count). The van der Waals surface area contributed by atoms with Crippen LogP contribution >= 0.6 is 12.2 Å². The lowest BCUT2D eigenvalue weighted by Crippen LogP contribution is -2.55. The highest BCUT2D eigenvalue weighted by molar-refractivity contribution is 7.80. The first kappa shape index (κ1) is 11.9. The second kappa shape index (κ2) is 5.04. The quantitative estimate of drug-likeness (QED) is 0.430. The van der Waals surface area contributed by atoms with Crippen LogP contribution in [-0.4, -0.2) is 54.5 Å². The van der Waals surface area contributed by atoms with Gasteiger partial charge in [-0.3, -0.25) is 0 Å². The molecule has 7 heteroatoms. The monoisotopic (exact) mass is 220 g/mol. The SMILES string of the molecule is BO[C@H]1OC[C@H](O)[C@H](O)[C@H]1OC(C)=S. The molecule has 1 aliphatic heterocycles. The average molecular weight is 220 g/mol. The number of hydrogen-bond acceptors (Lipinski definition) is 6. The van der Waals surface area contributed by atoms with Crippen molar-refractivity contribution in [3.05, 3.63) is 0 Å². The molecule has 0 saturated carbocycles. The molecule has 0 aromatic heterocycles. The highest BCUT2D eigenvalue weighted by Gasteiger charge is 2.40. The van der Waals surface area contributed by atoms with Gasteiger partial charge in [0.1, 0.15) is 12.2 Å². The van der Waals surface area contributed by atoms with Crippen LogP contribution in [0.4, 0.5) is 0 Å². The van der Waals surface area contributed by atoms with Crippen molar-refractivity contribution in [1.29, 1.82) is 0 Å². The van der Waals surface area contributed by atoms with Gasteiger partial charge in [0.25, 0.3) is 8.05 Å². The standard InChI is InChI=1S/C7H13BO5S/c1-3(14)12-6-5(10)4(9)2-11-7(6)13-8/h4-7,9-10H,2,8H2,1H3/t4-,5-,6+,7+/m0/s1. The Bertz CT molecular complexity index is 212. The zero-order valence-corrected chi connectivity index (χ0v) is 8.86. The first-order valence-electron chi connectivity index (χ1n) is 4.24. The molecule has 0 unspecified atom stereocenters. The summed E-state index contributed by atoms with van der Waals surface area (Å²) in [6.45, 7) is 1.60. The molecule has 14 heavy (non-hydrogen) atoms. The summed E-state index contributed by atoms with van der Waals surface area (Å²) in [5.41, 5.74) is 0. The molecule has 5 nitrogen and oxygen atoms in total. The van der Waals surface area contributed by atoms with Crippen molar-refractivity contribution >= 4 is 25.3 Å². The second-order valence-corrected chi connectivity index (χ2v) is 3.64. The lowest BCUT2D eigenvalue weighted by atomic mass is 10.1. The molecular formula is C7H13BO5S. The fourth-order valence-electron chi connectivity index (χ4n) is 1.29. The van der Waals surface area contributed by atoms with Crippen LogP contribution < -0.4 is 0 Å². The molecule has 80 valence electrons.